The van der Waals surface area contributed by atoms with Crippen LogP contribution in [0.4, 0.5) is 8.78 Å². The molecule has 17 heavy (non-hydrogen) atoms. The fourth-order valence-electron chi connectivity index (χ4n) is 1.68. The molecule has 0 bridgehead atoms. The molecule has 0 aliphatic heterocycles. The van der Waals surface area contributed by atoms with E-state index in [1.807, 2.05) is 0 Å². The molecule has 0 saturated heterocycles. The van der Waals surface area contributed by atoms with Gasteiger partial charge in [0.2, 0.25) is 0 Å². The summed E-state index contributed by atoms with van der Waals surface area (Å²) in [5, 5.41) is 19.5. The maximum absolute atomic E-state index is 12.1. The van der Waals surface area contributed by atoms with Crippen LogP contribution in [0.1, 0.15) is 0 Å². The van der Waals surface area contributed by atoms with Gasteiger partial charge in [-0.2, -0.15) is 8.78 Å². The standard InChI is InChI=1S/C11H9BF2O3/c13-11(14)17-8-5-4-7-2-1-3-10(12(15)16)9(7)6-8/h1-6,11,15-16H. The van der Waals surface area contributed by atoms with Gasteiger partial charge >= 0.3 is 13.7 Å². The van der Waals surface area contributed by atoms with E-state index in [9.17, 15) is 8.78 Å². The quantitative estimate of drug-likeness (QED) is 0.787. The third-order valence-corrected chi connectivity index (χ3v) is 2.39. The van der Waals surface area contributed by atoms with Gasteiger partial charge in [0.05, 0.1) is 0 Å². The number of alkyl halides is 2. The zero-order valence-electron chi connectivity index (χ0n) is 8.68. The first-order chi connectivity index (χ1) is 8.08. The normalized spacial score (nSPS) is 10.9. The van der Waals surface area contributed by atoms with E-state index in [1.54, 1.807) is 18.2 Å². The minimum absolute atomic E-state index is 0.0133. The van der Waals surface area contributed by atoms with Crippen molar-refractivity contribution in [3.63, 3.8) is 0 Å². The molecule has 0 atom stereocenters. The van der Waals surface area contributed by atoms with Crippen LogP contribution in [0.2, 0.25) is 0 Å². The van der Waals surface area contributed by atoms with Crippen LogP contribution in [-0.4, -0.2) is 23.8 Å². The number of benzene rings is 2. The molecule has 0 unspecified atom stereocenters. The Hall–Kier alpha value is -1.66. The lowest BCUT2D eigenvalue weighted by atomic mass is 9.77. The van der Waals surface area contributed by atoms with Crippen LogP contribution in [0.3, 0.4) is 0 Å². The largest absolute Gasteiger partial charge is 0.489 e. The van der Waals surface area contributed by atoms with E-state index in [0.717, 1.165) is 5.39 Å². The fourth-order valence-corrected chi connectivity index (χ4v) is 1.68. The molecule has 2 aromatic rings. The van der Waals surface area contributed by atoms with Gasteiger partial charge in [0, 0.05) is 0 Å². The Labute approximate surface area is 96.4 Å². The maximum atomic E-state index is 12.1. The van der Waals surface area contributed by atoms with Crippen LogP contribution in [0, 0.1) is 0 Å². The summed E-state index contributed by atoms with van der Waals surface area (Å²) < 4.78 is 28.4. The second-order valence-corrected chi connectivity index (χ2v) is 3.48. The third kappa shape index (κ3) is 2.54. The summed E-state index contributed by atoms with van der Waals surface area (Å²) in [7, 11) is -1.65. The topological polar surface area (TPSA) is 49.7 Å². The molecule has 2 N–H and O–H groups in total. The van der Waals surface area contributed by atoms with Crippen LogP contribution in [0.15, 0.2) is 36.4 Å². The number of ether oxygens (including phenoxy) is 1. The van der Waals surface area contributed by atoms with Crippen molar-refractivity contribution in [2.24, 2.45) is 0 Å². The minimum Gasteiger partial charge on any atom is -0.435 e. The molecule has 0 fully saturated rings. The molecule has 3 nitrogen and oxygen atoms in total. The highest BCUT2D eigenvalue weighted by molar-refractivity contribution is 6.62. The summed E-state index contributed by atoms with van der Waals surface area (Å²) in [4.78, 5) is 0. The van der Waals surface area contributed by atoms with Crippen molar-refractivity contribution in [3.05, 3.63) is 36.4 Å². The van der Waals surface area contributed by atoms with Crippen molar-refractivity contribution in [3.8, 4) is 5.75 Å². The number of fused-ring (bicyclic) bond motifs is 1. The Kier molecular flexibility index (Phi) is 3.26. The Morgan fingerprint density at radius 1 is 1.12 bits per heavy atom. The summed E-state index contributed by atoms with van der Waals surface area (Å²) in [5.41, 5.74) is 0.252. The molecule has 2 aromatic carbocycles. The highest BCUT2D eigenvalue weighted by Crippen LogP contribution is 2.21. The molecule has 2 rings (SSSR count). The zero-order chi connectivity index (χ0) is 12.4. The highest BCUT2D eigenvalue weighted by atomic mass is 19.3. The molecular formula is C11H9BF2O3. The van der Waals surface area contributed by atoms with E-state index in [2.05, 4.69) is 4.74 Å². The lowest BCUT2D eigenvalue weighted by Crippen LogP contribution is -2.30. The molecule has 0 heterocycles. The second kappa shape index (κ2) is 4.69. The molecule has 6 heteroatoms. The molecular weight excluding hydrogens is 229 g/mol. The van der Waals surface area contributed by atoms with Crippen LogP contribution < -0.4 is 10.2 Å². The fraction of sp³-hybridized carbons (Fsp3) is 0.0909. The summed E-state index contributed by atoms with van der Waals surface area (Å²) in [6, 6.07) is 9.26. The van der Waals surface area contributed by atoms with E-state index in [-0.39, 0.29) is 11.2 Å². The average Bonchev–Trinajstić information content (AvgIpc) is 2.27. The lowest BCUT2D eigenvalue weighted by molar-refractivity contribution is -0.0497. The van der Waals surface area contributed by atoms with Crippen molar-refractivity contribution in [1.29, 1.82) is 0 Å². The molecule has 88 valence electrons. The summed E-state index contributed by atoms with van der Waals surface area (Å²) in [5.74, 6) is -0.0133. The molecule has 0 radical (unpaired) electrons. The maximum Gasteiger partial charge on any atom is 0.489 e. The Morgan fingerprint density at radius 3 is 2.53 bits per heavy atom. The highest BCUT2D eigenvalue weighted by Gasteiger charge is 2.15. The first kappa shape index (κ1) is 11.8. The predicted molar refractivity (Wildman–Crippen MR) is 60.4 cm³/mol. The van der Waals surface area contributed by atoms with Gasteiger partial charge in [-0.05, 0) is 28.4 Å². The van der Waals surface area contributed by atoms with E-state index >= 15 is 0 Å². The summed E-state index contributed by atoms with van der Waals surface area (Å²) >= 11 is 0. The second-order valence-electron chi connectivity index (χ2n) is 3.48. The van der Waals surface area contributed by atoms with Gasteiger partial charge in [0.1, 0.15) is 5.75 Å². The number of rotatable bonds is 3. The molecule has 0 amide bonds. The van der Waals surface area contributed by atoms with Gasteiger partial charge < -0.3 is 14.8 Å². The van der Waals surface area contributed by atoms with Crippen molar-refractivity contribution in [2.75, 3.05) is 0 Å². The monoisotopic (exact) mass is 238 g/mol. The Bertz CT molecular complexity index is 531. The molecule has 0 aliphatic rings. The van der Waals surface area contributed by atoms with Crippen molar-refractivity contribution < 1.29 is 23.6 Å². The van der Waals surface area contributed by atoms with Crippen molar-refractivity contribution >= 4 is 23.4 Å². The van der Waals surface area contributed by atoms with Gasteiger partial charge in [-0.25, -0.2) is 0 Å². The molecule has 0 aliphatic carbocycles. The SMILES string of the molecule is OB(O)c1cccc2ccc(OC(F)F)cc12. The Morgan fingerprint density at radius 2 is 1.88 bits per heavy atom. The smallest absolute Gasteiger partial charge is 0.435 e. The van der Waals surface area contributed by atoms with Crippen molar-refractivity contribution in [2.45, 2.75) is 6.61 Å². The number of hydrogen-bond donors (Lipinski definition) is 2. The Balaban J connectivity index is 2.53. The van der Waals surface area contributed by atoms with Gasteiger partial charge in [-0.3, -0.25) is 0 Å². The van der Waals surface area contributed by atoms with Crippen LogP contribution in [0.5, 0.6) is 5.75 Å². The first-order valence-corrected chi connectivity index (χ1v) is 4.91. The summed E-state index contributed by atoms with van der Waals surface area (Å²) in [6.45, 7) is -2.90. The van der Waals surface area contributed by atoms with Gasteiger partial charge in [-0.1, -0.05) is 24.3 Å². The van der Waals surface area contributed by atoms with E-state index in [4.69, 9.17) is 10.0 Å². The van der Waals surface area contributed by atoms with E-state index in [1.165, 1.54) is 18.2 Å². The predicted octanol–water partition coefficient (Wildman–Crippen LogP) is 1.12. The summed E-state index contributed by atoms with van der Waals surface area (Å²) in [6.07, 6.45) is 0. The van der Waals surface area contributed by atoms with Gasteiger partial charge in [0.15, 0.2) is 0 Å². The minimum atomic E-state index is -2.90. The molecule has 0 spiro atoms. The first-order valence-electron chi connectivity index (χ1n) is 4.91. The zero-order valence-corrected chi connectivity index (χ0v) is 8.68. The van der Waals surface area contributed by atoms with E-state index in [0.29, 0.717) is 5.39 Å². The van der Waals surface area contributed by atoms with Gasteiger partial charge in [-0.15, -0.1) is 0 Å². The molecule has 0 saturated carbocycles. The van der Waals surface area contributed by atoms with Gasteiger partial charge in [0.25, 0.3) is 0 Å². The van der Waals surface area contributed by atoms with E-state index < -0.39 is 13.7 Å². The third-order valence-electron chi connectivity index (χ3n) is 2.39. The van der Waals surface area contributed by atoms with Crippen LogP contribution in [-0.2, 0) is 0 Å². The van der Waals surface area contributed by atoms with Crippen LogP contribution in [0.25, 0.3) is 10.8 Å². The molecule has 0 aromatic heterocycles. The average molecular weight is 238 g/mol. The van der Waals surface area contributed by atoms with Crippen molar-refractivity contribution in [1.82, 2.24) is 0 Å². The lowest BCUT2D eigenvalue weighted by Gasteiger charge is -2.08. The van der Waals surface area contributed by atoms with Crippen LogP contribution >= 0.6 is 0 Å². The number of halogens is 2. The number of hydrogen-bond acceptors (Lipinski definition) is 3.